The Labute approximate surface area is 183 Å². The normalized spacial score (nSPS) is 20.4. The lowest BCUT2D eigenvalue weighted by molar-refractivity contribution is -0.0440. The van der Waals surface area contributed by atoms with E-state index in [1.165, 1.54) is 40.7 Å². The van der Waals surface area contributed by atoms with E-state index < -0.39 is 25.8 Å². The van der Waals surface area contributed by atoms with Gasteiger partial charge in [-0.15, -0.1) is 0 Å². The highest BCUT2D eigenvalue weighted by Crippen LogP contribution is 2.23. The van der Waals surface area contributed by atoms with Crippen molar-refractivity contribution in [2.45, 2.75) is 42.8 Å². The Kier molecular flexibility index (Phi) is 6.56. The van der Waals surface area contributed by atoms with Gasteiger partial charge in [0.25, 0.3) is 5.91 Å². The van der Waals surface area contributed by atoms with Crippen molar-refractivity contribution in [2.24, 2.45) is 0 Å². The van der Waals surface area contributed by atoms with Crippen LogP contribution in [0, 0.1) is 6.92 Å². The van der Waals surface area contributed by atoms with Crippen LogP contribution in [-0.4, -0.2) is 58.6 Å². The number of amides is 1. The van der Waals surface area contributed by atoms with Crippen LogP contribution in [-0.2, 0) is 24.6 Å². The molecule has 3 rings (SSSR count). The number of rotatable bonds is 5. The lowest BCUT2D eigenvalue weighted by Gasteiger charge is -2.34. The average Bonchev–Trinajstić information content (AvgIpc) is 2.68. The summed E-state index contributed by atoms with van der Waals surface area (Å²) in [6.07, 6.45) is 0.697. The molecule has 0 aliphatic carbocycles. The predicted octanol–water partition coefficient (Wildman–Crippen LogP) is 2.45. The van der Waals surface area contributed by atoms with Crippen LogP contribution < -0.4 is 5.32 Å². The number of nitrogens with zero attached hydrogens (tertiary/aromatic N) is 1. The van der Waals surface area contributed by atoms with E-state index in [1.807, 2.05) is 13.8 Å². The highest BCUT2D eigenvalue weighted by Gasteiger charge is 2.32. The summed E-state index contributed by atoms with van der Waals surface area (Å²) in [6.45, 7) is 5.94. The highest BCUT2D eigenvalue weighted by atomic mass is 32.2. The molecule has 1 fully saturated rings. The molecular weight excluding hydrogens is 440 g/mol. The number of hydrogen-bond acceptors (Lipinski definition) is 6. The molecule has 168 valence electrons. The Morgan fingerprint density at radius 1 is 0.968 bits per heavy atom. The fourth-order valence-corrected chi connectivity index (χ4v) is 5.65. The van der Waals surface area contributed by atoms with Crippen LogP contribution in [0.15, 0.2) is 52.3 Å². The van der Waals surface area contributed by atoms with E-state index in [2.05, 4.69) is 5.32 Å². The number of hydrogen-bond donors (Lipinski definition) is 1. The van der Waals surface area contributed by atoms with Gasteiger partial charge in [0.15, 0.2) is 9.84 Å². The van der Waals surface area contributed by atoms with Crippen molar-refractivity contribution in [2.75, 3.05) is 24.7 Å². The van der Waals surface area contributed by atoms with Crippen LogP contribution in [0.25, 0.3) is 0 Å². The topological polar surface area (TPSA) is 110 Å². The fourth-order valence-electron chi connectivity index (χ4n) is 3.42. The Bertz CT molecular complexity index is 1180. The monoisotopic (exact) mass is 466 g/mol. The van der Waals surface area contributed by atoms with Crippen LogP contribution in [0.2, 0.25) is 0 Å². The third kappa shape index (κ3) is 5.32. The molecule has 0 spiro atoms. The Hall–Kier alpha value is -2.27. The molecule has 0 saturated carbocycles. The number of nitrogens with one attached hydrogen (secondary N) is 1. The molecule has 0 bridgehead atoms. The molecule has 1 amide bonds. The first-order chi connectivity index (χ1) is 14.4. The van der Waals surface area contributed by atoms with Gasteiger partial charge in [-0.05, 0) is 62.7 Å². The number of anilines is 1. The minimum absolute atomic E-state index is 0.0978. The van der Waals surface area contributed by atoms with E-state index in [1.54, 1.807) is 13.0 Å². The smallest absolute Gasteiger partial charge is 0.255 e. The van der Waals surface area contributed by atoms with Crippen molar-refractivity contribution in [1.29, 1.82) is 0 Å². The van der Waals surface area contributed by atoms with E-state index in [0.29, 0.717) is 11.3 Å². The third-order valence-electron chi connectivity index (χ3n) is 5.03. The summed E-state index contributed by atoms with van der Waals surface area (Å²) in [7, 11) is -7.12. The largest absolute Gasteiger partial charge is 0.373 e. The van der Waals surface area contributed by atoms with Gasteiger partial charge < -0.3 is 10.1 Å². The van der Waals surface area contributed by atoms with Gasteiger partial charge in [0.1, 0.15) is 0 Å². The van der Waals surface area contributed by atoms with Gasteiger partial charge in [0, 0.05) is 30.6 Å². The lowest BCUT2D eigenvalue weighted by atomic mass is 10.1. The second kappa shape index (κ2) is 8.70. The SMILES string of the molecule is Cc1ccc(S(C)(=O)=O)cc1NC(=O)c1ccc(S(=O)(=O)N2C[C@@H](C)O[C@@H](C)C2)cc1. The van der Waals surface area contributed by atoms with E-state index in [9.17, 15) is 21.6 Å². The number of sulfone groups is 1. The molecule has 1 heterocycles. The highest BCUT2D eigenvalue weighted by molar-refractivity contribution is 7.90. The molecule has 1 saturated heterocycles. The minimum atomic E-state index is -3.70. The number of ether oxygens (including phenoxy) is 1. The van der Waals surface area contributed by atoms with Crippen LogP contribution in [0.5, 0.6) is 0 Å². The number of sulfonamides is 1. The molecule has 0 unspecified atom stereocenters. The maximum absolute atomic E-state index is 12.9. The summed E-state index contributed by atoms with van der Waals surface area (Å²) in [5.41, 5.74) is 1.34. The predicted molar refractivity (Wildman–Crippen MR) is 117 cm³/mol. The summed E-state index contributed by atoms with van der Waals surface area (Å²) < 4.78 is 56.4. The Morgan fingerprint density at radius 2 is 1.52 bits per heavy atom. The minimum Gasteiger partial charge on any atom is -0.373 e. The second-order valence-electron chi connectivity index (χ2n) is 7.81. The first-order valence-corrected chi connectivity index (χ1v) is 13.1. The Balaban J connectivity index is 1.80. The molecule has 1 aliphatic heterocycles. The van der Waals surface area contributed by atoms with E-state index in [-0.39, 0.29) is 40.7 Å². The number of benzene rings is 2. The molecule has 2 aromatic carbocycles. The van der Waals surface area contributed by atoms with Crippen molar-refractivity contribution in [3.05, 3.63) is 53.6 Å². The van der Waals surface area contributed by atoms with E-state index in [0.717, 1.165) is 6.26 Å². The van der Waals surface area contributed by atoms with Gasteiger partial charge in [-0.2, -0.15) is 4.31 Å². The molecule has 2 aromatic rings. The maximum Gasteiger partial charge on any atom is 0.255 e. The van der Waals surface area contributed by atoms with Gasteiger partial charge in [-0.25, -0.2) is 16.8 Å². The van der Waals surface area contributed by atoms with E-state index in [4.69, 9.17) is 4.74 Å². The first-order valence-electron chi connectivity index (χ1n) is 9.75. The molecule has 31 heavy (non-hydrogen) atoms. The quantitative estimate of drug-likeness (QED) is 0.725. The summed E-state index contributed by atoms with van der Waals surface area (Å²) in [5, 5.41) is 2.69. The van der Waals surface area contributed by atoms with Gasteiger partial charge in [-0.1, -0.05) is 6.07 Å². The molecule has 2 atom stereocenters. The molecule has 0 radical (unpaired) electrons. The van der Waals surface area contributed by atoms with Crippen molar-refractivity contribution < 1.29 is 26.4 Å². The average molecular weight is 467 g/mol. The third-order valence-corrected chi connectivity index (χ3v) is 7.98. The zero-order valence-electron chi connectivity index (χ0n) is 17.8. The summed E-state index contributed by atoms with van der Waals surface area (Å²) in [4.78, 5) is 12.8. The van der Waals surface area contributed by atoms with Crippen LogP contribution >= 0.6 is 0 Å². The van der Waals surface area contributed by atoms with Crippen LogP contribution in [0.3, 0.4) is 0 Å². The number of aryl methyl sites for hydroxylation is 1. The second-order valence-corrected chi connectivity index (χ2v) is 11.8. The van der Waals surface area contributed by atoms with Gasteiger partial charge in [-0.3, -0.25) is 4.79 Å². The van der Waals surface area contributed by atoms with Crippen molar-refractivity contribution >= 4 is 31.5 Å². The van der Waals surface area contributed by atoms with Crippen LogP contribution in [0.4, 0.5) is 5.69 Å². The van der Waals surface area contributed by atoms with Crippen molar-refractivity contribution in [3.8, 4) is 0 Å². The van der Waals surface area contributed by atoms with Crippen LogP contribution in [0.1, 0.15) is 29.8 Å². The zero-order valence-corrected chi connectivity index (χ0v) is 19.5. The molecule has 8 nitrogen and oxygen atoms in total. The summed E-state index contributed by atoms with van der Waals surface area (Å²) in [5.74, 6) is -0.466. The molecular formula is C21H26N2O6S2. The lowest BCUT2D eigenvalue weighted by Crippen LogP contribution is -2.48. The van der Waals surface area contributed by atoms with Gasteiger partial charge in [0.05, 0.1) is 22.0 Å². The van der Waals surface area contributed by atoms with Gasteiger partial charge >= 0.3 is 0 Å². The maximum atomic E-state index is 12.9. The molecule has 1 N–H and O–H groups in total. The zero-order chi connectivity index (χ0) is 23.0. The van der Waals surface area contributed by atoms with Gasteiger partial charge in [0.2, 0.25) is 10.0 Å². The summed E-state index contributed by atoms with van der Waals surface area (Å²) >= 11 is 0. The van der Waals surface area contributed by atoms with E-state index >= 15 is 0 Å². The summed E-state index contributed by atoms with van der Waals surface area (Å²) in [6, 6.07) is 10.2. The van der Waals surface area contributed by atoms with Crippen molar-refractivity contribution in [1.82, 2.24) is 4.31 Å². The standard InChI is InChI=1S/C21H26N2O6S2/c1-14-5-8-19(30(4,25)26)11-20(14)22-21(24)17-6-9-18(10-7-17)31(27,28)23-12-15(2)29-16(3)13-23/h5-11,15-16H,12-13H2,1-4H3,(H,22,24)/t15-,16+. The molecule has 1 aliphatic rings. The Morgan fingerprint density at radius 3 is 2.06 bits per heavy atom. The first kappa shape index (κ1) is 23.4. The number of carbonyl (C=O) groups is 1. The molecule has 10 heteroatoms. The fraction of sp³-hybridized carbons (Fsp3) is 0.381. The van der Waals surface area contributed by atoms with Crippen molar-refractivity contribution in [3.63, 3.8) is 0 Å². The number of morpholine rings is 1. The molecule has 0 aromatic heterocycles. The number of carbonyl (C=O) groups excluding carboxylic acids is 1.